The van der Waals surface area contributed by atoms with Gasteiger partial charge in [-0.3, -0.25) is 9.10 Å². The van der Waals surface area contributed by atoms with Gasteiger partial charge < -0.3 is 19.5 Å². The van der Waals surface area contributed by atoms with E-state index in [4.69, 9.17) is 25.8 Å². The molecule has 1 N–H and O–H groups in total. The number of carbonyl (C=O) groups is 1. The van der Waals surface area contributed by atoms with Crippen molar-refractivity contribution in [1.29, 1.82) is 0 Å². The standard InChI is InChI=1S/C24H32ClN3O8S2/c1-4-22(28(37(3,30)31)18-5-10-23(34-2)21(25)17-18)24(29)26-11-14-36-19-6-8-20(9-7-19)38(32,33)27-12-15-35-16-13-27/h5-10,17,22H,4,11-16H2,1-3H3,(H,26,29)/t22-/m0/s1. The third kappa shape index (κ3) is 7.29. The molecule has 3 rings (SSSR count). The molecule has 0 radical (unpaired) electrons. The molecule has 1 atom stereocenters. The van der Waals surface area contributed by atoms with Gasteiger partial charge in [-0.2, -0.15) is 4.31 Å². The molecule has 1 heterocycles. The highest BCUT2D eigenvalue weighted by molar-refractivity contribution is 7.92. The van der Waals surface area contributed by atoms with Gasteiger partial charge in [0.1, 0.15) is 24.1 Å². The van der Waals surface area contributed by atoms with Crippen molar-refractivity contribution < 1.29 is 35.8 Å². The van der Waals surface area contributed by atoms with E-state index in [-0.39, 0.29) is 35.2 Å². The number of rotatable bonds is 12. The minimum absolute atomic E-state index is 0.0883. The highest BCUT2D eigenvalue weighted by atomic mass is 35.5. The van der Waals surface area contributed by atoms with Crippen molar-refractivity contribution in [2.45, 2.75) is 24.3 Å². The predicted octanol–water partition coefficient (Wildman–Crippen LogP) is 2.11. The maximum atomic E-state index is 12.9. The van der Waals surface area contributed by atoms with E-state index in [0.717, 1.165) is 10.6 Å². The number of carbonyl (C=O) groups excluding carboxylic acids is 1. The summed E-state index contributed by atoms with van der Waals surface area (Å²) in [5.74, 6) is 0.309. The highest BCUT2D eigenvalue weighted by Gasteiger charge is 2.32. The molecule has 14 heteroatoms. The van der Waals surface area contributed by atoms with E-state index in [2.05, 4.69) is 5.32 Å². The normalized spacial score (nSPS) is 15.5. The Kier molecular flexibility index (Phi) is 10.2. The second-order valence-electron chi connectivity index (χ2n) is 8.43. The zero-order valence-corrected chi connectivity index (χ0v) is 23.8. The number of amides is 1. The van der Waals surface area contributed by atoms with E-state index < -0.39 is 32.0 Å². The molecule has 0 saturated carbocycles. The number of hydrogen-bond donors (Lipinski definition) is 1. The first kappa shape index (κ1) is 30.0. The zero-order chi connectivity index (χ0) is 27.9. The molecular weight excluding hydrogens is 558 g/mol. The number of hydrogen-bond acceptors (Lipinski definition) is 8. The summed E-state index contributed by atoms with van der Waals surface area (Å²) >= 11 is 6.18. The van der Waals surface area contributed by atoms with Crippen LogP contribution in [0.5, 0.6) is 11.5 Å². The van der Waals surface area contributed by atoms with Gasteiger partial charge >= 0.3 is 0 Å². The summed E-state index contributed by atoms with van der Waals surface area (Å²) in [5, 5.41) is 2.91. The molecule has 1 aliphatic heterocycles. The summed E-state index contributed by atoms with van der Waals surface area (Å²) in [5.41, 5.74) is 0.240. The lowest BCUT2D eigenvalue weighted by Crippen LogP contribution is -2.50. The van der Waals surface area contributed by atoms with Gasteiger partial charge in [0.15, 0.2) is 0 Å². The molecule has 2 aromatic carbocycles. The summed E-state index contributed by atoms with van der Waals surface area (Å²) in [6.45, 7) is 3.23. The van der Waals surface area contributed by atoms with Gasteiger partial charge in [-0.25, -0.2) is 16.8 Å². The third-order valence-electron chi connectivity index (χ3n) is 5.82. The average molecular weight is 590 g/mol. The van der Waals surface area contributed by atoms with Gasteiger partial charge in [-0.05, 0) is 48.9 Å². The summed E-state index contributed by atoms with van der Waals surface area (Å²) in [6.07, 6.45) is 1.23. The van der Waals surface area contributed by atoms with Crippen LogP contribution in [0.15, 0.2) is 47.4 Å². The molecule has 1 saturated heterocycles. The summed E-state index contributed by atoms with van der Waals surface area (Å²) in [4.78, 5) is 13.1. The van der Waals surface area contributed by atoms with Gasteiger partial charge in [0.2, 0.25) is 26.0 Å². The average Bonchev–Trinajstić information content (AvgIpc) is 2.89. The summed E-state index contributed by atoms with van der Waals surface area (Å²) in [7, 11) is -5.99. The Morgan fingerprint density at radius 1 is 1.13 bits per heavy atom. The third-order valence-corrected chi connectivity index (χ3v) is 9.21. The van der Waals surface area contributed by atoms with Crippen molar-refractivity contribution in [1.82, 2.24) is 9.62 Å². The number of morpholine rings is 1. The molecule has 0 aliphatic carbocycles. The van der Waals surface area contributed by atoms with Crippen molar-refractivity contribution in [3.63, 3.8) is 0 Å². The molecule has 11 nitrogen and oxygen atoms in total. The topological polar surface area (TPSA) is 132 Å². The number of anilines is 1. The van der Waals surface area contributed by atoms with E-state index in [1.807, 2.05) is 0 Å². The lowest BCUT2D eigenvalue weighted by Gasteiger charge is -2.30. The van der Waals surface area contributed by atoms with Crippen LogP contribution < -0.4 is 19.1 Å². The molecule has 1 aliphatic rings. The summed E-state index contributed by atoms with van der Waals surface area (Å²) < 4.78 is 69.0. The van der Waals surface area contributed by atoms with Crippen molar-refractivity contribution in [3.8, 4) is 11.5 Å². The SMILES string of the molecule is CC[C@@H](C(=O)NCCOc1ccc(S(=O)(=O)N2CCOCC2)cc1)N(c1ccc(OC)c(Cl)c1)S(C)(=O)=O. The number of ether oxygens (including phenoxy) is 3. The maximum Gasteiger partial charge on any atom is 0.244 e. The van der Waals surface area contributed by atoms with E-state index in [9.17, 15) is 21.6 Å². The van der Waals surface area contributed by atoms with Crippen molar-refractivity contribution in [2.75, 3.05) is 57.1 Å². The fourth-order valence-electron chi connectivity index (χ4n) is 3.96. The second-order valence-corrected chi connectivity index (χ2v) is 12.6. The van der Waals surface area contributed by atoms with Crippen LogP contribution in [0.1, 0.15) is 13.3 Å². The Hall–Kier alpha value is -2.58. The first-order valence-electron chi connectivity index (χ1n) is 11.9. The Bertz CT molecular complexity index is 1310. The Balaban J connectivity index is 1.59. The number of halogens is 1. The quantitative estimate of drug-likeness (QED) is 0.372. The molecule has 0 spiro atoms. The molecule has 38 heavy (non-hydrogen) atoms. The monoisotopic (exact) mass is 589 g/mol. The van der Waals surface area contributed by atoms with Crippen LogP contribution in [0.25, 0.3) is 0 Å². The Morgan fingerprint density at radius 3 is 2.34 bits per heavy atom. The molecule has 1 fully saturated rings. The van der Waals surface area contributed by atoms with Crippen LogP contribution in [0.4, 0.5) is 5.69 Å². The van der Waals surface area contributed by atoms with Crippen LogP contribution >= 0.6 is 11.6 Å². The van der Waals surface area contributed by atoms with Crippen molar-refractivity contribution in [3.05, 3.63) is 47.5 Å². The van der Waals surface area contributed by atoms with Gasteiger partial charge in [0.25, 0.3) is 0 Å². The molecule has 1 amide bonds. The number of sulfonamides is 2. The van der Waals surface area contributed by atoms with Gasteiger partial charge in [0.05, 0.1) is 48.7 Å². The number of benzene rings is 2. The maximum absolute atomic E-state index is 12.9. The largest absolute Gasteiger partial charge is 0.495 e. The molecule has 210 valence electrons. The highest BCUT2D eigenvalue weighted by Crippen LogP contribution is 2.31. The summed E-state index contributed by atoms with van der Waals surface area (Å²) in [6, 6.07) is 9.50. The lowest BCUT2D eigenvalue weighted by molar-refractivity contribution is -0.122. The number of methoxy groups -OCH3 is 1. The van der Waals surface area contributed by atoms with Crippen LogP contribution in [0.2, 0.25) is 5.02 Å². The molecule has 0 aromatic heterocycles. The van der Waals surface area contributed by atoms with E-state index in [0.29, 0.717) is 37.8 Å². The van der Waals surface area contributed by atoms with E-state index in [1.165, 1.54) is 41.7 Å². The minimum atomic E-state index is -3.83. The Labute approximate surface area is 228 Å². The first-order valence-corrected chi connectivity index (χ1v) is 15.6. The van der Waals surface area contributed by atoms with Crippen LogP contribution in [-0.2, 0) is 29.6 Å². The first-order chi connectivity index (χ1) is 18.0. The molecule has 0 unspecified atom stereocenters. The van der Waals surface area contributed by atoms with Gasteiger partial charge in [0, 0.05) is 13.1 Å². The number of nitrogens with one attached hydrogen (secondary N) is 1. The fourth-order valence-corrected chi connectivity index (χ4v) is 6.82. The van der Waals surface area contributed by atoms with Crippen molar-refractivity contribution >= 4 is 43.2 Å². The number of nitrogens with zero attached hydrogens (tertiary/aromatic N) is 2. The predicted molar refractivity (Wildman–Crippen MR) is 144 cm³/mol. The smallest absolute Gasteiger partial charge is 0.244 e. The van der Waals surface area contributed by atoms with Crippen molar-refractivity contribution in [2.24, 2.45) is 0 Å². The molecule has 0 bridgehead atoms. The van der Waals surface area contributed by atoms with Gasteiger partial charge in [-0.15, -0.1) is 0 Å². The minimum Gasteiger partial charge on any atom is -0.495 e. The van der Waals surface area contributed by atoms with Crippen LogP contribution in [0.3, 0.4) is 0 Å². The molecule has 2 aromatic rings. The molecular formula is C24H32ClN3O8S2. The van der Waals surface area contributed by atoms with E-state index in [1.54, 1.807) is 19.1 Å². The fraction of sp³-hybridized carbons (Fsp3) is 0.458. The van der Waals surface area contributed by atoms with Crippen LogP contribution in [-0.4, -0.2) is 85.9 Å². The zero-order valence-electron chi connectivity index (χ0n) is 21.4. The van der Waals surface area contributed by atoms with Crippen LogP contribution in [0, 0.1) is 0 Å². The second kappa shape index (κ2) is 13.0. The van der Waals surface area contributed by atoms with Gasteiger partial charge in [-0.1, -0.05) is 18.5 Å². The lowest BCUT2D eigenvalue weighted by atomic mass is 10.2. The van der Waals surface area contributed by atoms with E-state index >= 15 is 0 Å². The Morgan fingerprint density at radius 2 is 1.79 bits per heavy atom.